The highest BCUT2D eigenvalue weighted by Crippen LogP contribution is 1.66. The molecule has 0 amide bonds. The van der Waals surface area contributed by atoms with Crippen molar-refractivity contribution < 1.29 is 35.0 Å². The Labute approximate surface area is 91.1 Å². The van der Waals surface area contributed by atoms with E-state index in [2.05, 4.69) is 9.97 Å². The predicted molar refractivity (Wildman–Crippen MR) is 50.4 cm³/mol. The Morgan fingerprint density at radius 1 is 0.750 bits per heavy atom. The van der Waals surface area contributed by atoms with E-state index in [-0.39, 0.29) is 0 Å². The first kappa shape index (κ1) is 17.2. The Morgan fingerprint density at radius 2 is 1.00 bits per heavy atom. The van der Waals surface area contributed by atoms with E-state index in [9.17, 15) is 0 Å². The van der Waals surface area contributed by atoms with Crippen LogP contribution in [0, 0.1) is 0 Å². The maximum absolute atomic E-state index is 8.74. The van der Waals surface area contributed by atoms with Crippen molar-refractivity contribution in [2.45, 2.75) is 0 Å². The Bertz CT molecular complexity index is 381. The van der Waals surface area contributed by atoms with Crippen LogP contribution in [0.2, 0.25) is 0 Å². The molecule has 0 aliphatic heterocycles. The molecule has 94 valence electrons. The molecule has 12 heteroatoms. The summed E-state index contributed by atoms with van der Waals surface area (Å²) in [7, 11) is -9.33. The highest BCUT2D eigenvalue weighted by Gasteiger charge is 1.85. The molecule has 0 saturated heterocycles. The summed E-state index contributed by atoms with van der Waals surface area (Å²) >= 11 is 0. The number of nitrogens with zero attached hydrogens (tertiary/aromatic N) is 2. The van der Waals surface area contributed by atoms with E-state index in [1.54, 1.807) is 18.5 Å². The summed E-state index contributed by atoms with van der Waals surface area (Å²) < 4.78 is 63.2. The van der Waals surface area contributed by atoms with E-state index in [0.717, 1.165) is 0 Å². The molecule has 0 aliphatic carbocycles. The molecule has 1 heterocycles. The zero-order valence-corrected chi connectivity index (χ0v) is 9.08. The predicted octanol–water partition coefficient (Wildman–Crippen LogP) is -0.829. The summed E-state index contributed by atoms with van der Waals surface area (Å²) in [5, 5.41) is 0. The zero-order chi connectivity index (χ0) is 13.2. The first-order chi connectivity index (χ1) is 7.00. The maximum Gasteiger partial charge on any atom is 0.394 e. The minimum Gasteiger partial charge on any atom is -0.264 e. The number of hydrogen-bond donors (Lipinski definition) is 4. The van der Waals surface area contributed by atoms with E-state index in [0.29, 0.717) is 0 Å². The molecule has 4 N–H and O–H groups in total. The maximum atomic E-state index is 8.74. The van der Waals surface area contributed by atoms with Gasteiger partial charge in [-0.25, -0.2) is 9.97 Å². The lowest BCUT2D eigenvalue weighted by atomic mass is 10.7. The van der Waals surface area contributed by atoms with Crippen molar-refractivity contribution in [2.75, 3.05) is 0 Å². The minimum atomic E-state index is -4.67. The van der Waals surface area contributed by atoms with E-state index >= 15 is 0 Å². The van der Waals surface area contributed by atoms with Gasteiger partial charge in [0.05, 0.1) is 0 Å². The SMILES string of the molecule is O=S(=O)(O)O.O=S(=O)(O)O.c1cncnc1. The largest absolute Gasteiger partial charge is 0.394 e. The fourth-order valence-corrected chi connectivity index (χ4v) is 0.253. The molecule has 10 nitrogen and oxygen atoms in total. The molecular formula is C4H8N2O8S2. The van der Waals surface area contributed by atoms with Gasteiger partial charge in [-0.15, -0.1) is 0 Å². The Hall–Kier alpha value is -1.18. The van der Waals surface area contributed by atoms with Crippen LogP contribution >= 0.6 is 0 Å². The molecule has 0 saturated carbocycles. The standard InChI is InChI=1S/C4H4N2.2H2O4S/c1-2-5-4-6-3-1;2*1-5(2,3)4/h1-4H;2*(H2,1,2,3,4). The molecule has 1 aromatic rings. The molecule has 0 spiro atoms. The molecule has 0 atom stereocenters. The van der Waals surface area contributed by atoms with Crippen molar-refractivity contribution in [1.29, 1.82) is 0 Å². The first-order valence-electron chi connectivity index (χ1n) is 3.10. The van der Waals surface area contributed by atoms with Crippen molar-refractivity contribution >= 4 is 20.8 Å². The van der Waals surface area contributed by atoms with Gasteiger partial charge in [0.2, 0.25) is 0 Å². The van der Waals surface area contributed by atoms with Crippen LogP contribution in [0.5, 0.6) is 0 Å². The quantitative estimate of drug-likeness (QED) is 0.437. The van der Waals surface area contributed by atoms with Crippen LogP contribution in [0.15, 0.2) is 24.8 Å². The fourth-order valence-electron chi connectivity index (χ4n) is 0.253. The second-order valence-electron chi connectivity index (χ2n) is 1.80. The second kappa shape index (κ2) is 8.03. The monoisotopic (exact) mass is 276 g/mol. The fraction of sp³-hybridized carbons (Fsp3) is 0. The molecule has 1 aromatic heterocycles. The van der Waals surface area contributed by atoms with Crippen molar-refractivity contribution in [3.8, 4) is 0 Å². The van der Waals surface area contributed by atoms with Gasteiger partial charge in [-0.3, -0.25) is 18.2 Å². The van der Waals surface area contributed by atoms with Crippen LogP contribution in [0.1, 0.15) is 0 Å². The lowest BCUT2D eigenvalue weighted by Gasteiger charge is -1.70. The third-order valence-corrected chi connectivity index (χ3v) is 0.478. The van der Waals surface area contributed by atoms with Crippen LogP contribution in [0.25, 0.3) is 0 Å². The van der Waals surface area contributed by atoms with Crippen molar-refractivity contribution in [3.05, 3.63) is 24.8 Å². The third kappa shape index (κ3) is 77.1. The molecule has 0 unspecified atom stereocenters. The van der Waals surface area contributed by atoms with Crippen LogP contribution < -0.4 is 0 Å². The van der Waals surface area contributed by atoms with Gasteiger partial charge in [-0.05, 0) is 6.07 Å². The first-order valence-corrected chi connectivity index (χ1v) is 5.89. The van der Waals surface area contributed by atoms with Gasteiger partial charge in [0.1, 0.15) is 6.33 Å². The molecule has 0 bridgehead atoms. The molecule has 0 aliphatic rings. The molecule has 0 fully saturated rings. The molecule has 0 radical (unpaired) electrons. The normalized spacial score (nSPS) is 10.2. The van der Waals surface area contributed by atoms with Gasteiger partial charge >= 0.3 is 20.8 Å². The summed E-state index contributed by atoms with van der Waals surface area (Å²) in [6.07, 6.45) is 4.88. The summed E-state index contributed by atoms with van der Waals surface area (Å²) in [4.78, 5) is 7.35. The second-order valence-corrected chi connectivity index (χ2v) is 3.59. The topological polar surface area (TPSA) is 175 Å². The van der Waals surface area contributed by atoms with E-state index in [4.69, 9.17) is 35.0 Å². The number of rotatable bonds is 0. The Balaban J connectivity index is 0. The van der Waals surface area contributed by atoms with Crippen LogP contribution in [0.3, 0.4) is 0 Å². The Morgan fingerprint density at radius 3 is 1.06 bits per heavy atom. The van der Waals surface area contributed by atoms with Gasteiger partial charge in [-0.2, -0.15) is 16.8 Å². The highest BCUT2D eigenvalue weighted by molar-refractivity contribution is 7.80. The van der Waals surface area contributed by atoms with Gasteiger partial charge in [0.15, 0.2) is 0 Å². The van der Waals surface area contributed by atoms with E-state index < -0.39 is 20.8 Å². The lowest BCUT2D eigenvalue weighted by Crippen LogP contribution is -1.89. The van der Waals surface area contributed by atoms with Crippen molar-refractivity contribution in [3.63, 3.8) is 0 Å². The average molecular weight is 276 g/mol. The molecule has 16 heavy (non-hydrogen) atoms. The van der Waals surface area contributed by atoms with Crippen LogP contribution in [-0.2, 0) is 20.8 Å². The number of hydrogen-bond acceptors (Lipinski definition) is 6. The van der Waals surface area contributed by atoms with Gasteiger partial charge in [0, 0.05) is 12.4 Å². The van der Waals surface area contributed by atoms with Crippen molar-refractivity contribution in [1.82, 2.24) is 9.97 Å². The summed E-state index contributed by atoms with van der Waals surface area (Å²) in [5.74, 6) is 0. The van der Waals surface area contributed by atoms with Gasteiger partial charge in [0.25, 0.3) is 0 Å². The number of aromatic nitrogens is 2. The van der Waals surface area contributed by atoms with Gasteiger partial charge < -0.3 is 0 Å². The van der Waals surface area contributed by atoms with E-state index in [1.807, 2.05) is 0 Å². The zero-order valence-electron chi connectivity index (χ0n) is 7.44. The third-order valence-electron chi connectivity index (χ3n) is 0.478. The van der Waals surface area contributed by atoms with Crippen LogP contribution in [0.4, 0.5) is 0 Å². The summed E-state index contributed by atoms with van der Waals surface area (Å²) in [6, 6.07) is 1.78. The van der Waals surface area contributed by atoms with Gasteiger partial charge in [-0.1, -0.05) is 0 Å². The Kier molecular flexibility index (Phi) is 8.64. The molecular weight excluding hydrogens is 268 g/mol. The summed E-state index contributed by atoms with van der Waals surface area (Å²) in [6.45, 7) is 0. The smallest absolute Gasteiger partial charge is 0.264 e. The average Bonchev–Trinajstić information content (AvgIpc) is 2.01. The lowest BCUT2D eigenvalue weighted by molar-refractivity contribution is 0.378. The highest BCUT2D eigenvalue weighted by atomic mass is 32.3. The molecule has 0 aromatic carbocycles. The minimum absolute atomic E-state index is 1.50. The summed E-state index contributed by atoms with van der Waals surface area (Å²) in [5.41, 5.74) is 0. The molecule has 1 rings (SSSR count). The van der Waals surface area contributed by atoms with Crippen LogP contribution in [-0.4, -0.2) is 45.0 Å². The van der Waals surface area contributed by atoms with E-state index in [1.165, 1.54) is 6.33 Å². The van der Waals surface area contributed by atoms with Crippen molar-refractivity contribution in [2.24, 2.45) is 0 Å².